The first kappa shape index (κ1) is 26.5. The molecule has 0 saturated heterocycles. The lowest BCUT2D eigenvalue weighted by molar-refractivity contribution is -0.143. The lowest BCUT2D eigenvalue weighted by Gasteiger charge is -2.31. The molecular formula is C28H33BrN2O4. The van der Waals surface area contributed by atoms with Crippen molar-refractivity contribution in [2.75, 3.05) is 20.3 Å². The van der Waals surface area contributed by atoms with Crippen molar-refractivity contribution in [3.63, 3.8) is 0 Å². The van der Waals surface area contributed by atoms with E-state index in [-0.39, 0.29) is 18.4 Å². The minimum Gasteiger partial charge on any atom is -0.497 e. The van der Waals surface area contributed by atoms with Crippen LogP contribution >= 0.6 is 15.9 Å². The van der Waals surface area contributed by atoms with Gasteiger partial charge >= 0.3 is 0 Å². The van der Waals surface area contributed by atoms with Crippen molar-refractivity contribution in [3.8, 4) is 11.5 Å². The summed E-state index contributed by atoms with van der Waals surface area (Å²) in [5, 5.41) is 5.06. The monoisotopic (exact) mass is 540 g/mol. The van der Waals surface area contributed by atoms with E-state index in [1.54, 1.807) is 12.0 Å². The molecule has 0 bridgehead atoms. The van der Waals surface area contributed by atoms with Crippen molar-refractivity contribution in [3.05, 3.63) is 70.7 Å². The van der Waals surface area contributed by atoms with E-state index in [0.717, 1.165) is 26.6 Å². The first-order valence-electron chi connectivity index (χ1n) is 11.8. The highest BCUT2D eigenvalue weighted by Crippen LogP contribution is 2.33. The Balaban J connectivity index is 1.81. The Kier molecular flexibility index (Phi) is 9.55. The fourth-order valence-corrected chi connectivity index (χ4v) is 4.42. The molecule has 7 heteroatoms. The van der Waals surface area contributed by atoms with Crippen LogP contribution in [0.1, 0.15) is 32.8 Å². The van der Waals surface area contributed by atoms with Gasteiger partial charge in [0, 0.05) is 13.1 Å². The van der Waals surface area contributed by atoms with Gasteiger partial charge in [-0.2, -0.15) is 0 Å². The lowest BCUT2D eigenvalue weighted by atomic mass is 10.1. The van der Waals surface area contributed by atoms with Crippen molar-refractivity contribution in [2.24, 2.45) is 5.92 Å². The molecule has 0 aliphatic rings. The van der Waals surface area contributed by atoms with E-state index >= 15 is 0 Å². The molecule has 0 unspecified atom stereocenters. The van der Waals surface area contributed by atoms with Gasteiger partial charge in [-0.1, -0.05) is 63.2 Å². The Morgan fingerprint density at radius 2 is 1.74 bits per heavy atom. The topological polar surface area (TPSA) is 67.9 Å². The van der Waals surface area contributed by atoms with Gasteiger partial charge in [0.25, 0.3) is 5.91 Å². The second-order valence-electron chi connectivity index (χ2n) is 8.82. The number of fused-ring (bicyclic) bond motifs is 1. The predicted molar refractivity (Wildman–Crippen MR) is 143 cm³/mol. The molecule has 0 radical (unpaired) electrons. The molecule has 35 heavy (non-hydrogen) atoms. The quantitative estimate of drug-likeness (QED) is 0.345. The van der Waals surface area contributed by atoms with Gasteiger partial charge in [0.1, 0.15) is 17.5 Å². The summed E-state index contributed by atoms with van der Waals surface area (Å²) in [6, 6.07) is 18.7. The molecule has 186 valence electrons. The van der Waals surface area contributed by atoms with Gasteiger partial charge in [0.15, 0.2) is 6.61 Å². The average molecular weight is 541 g/mol. The summed E-state index contributed by atoms with van der Waals surface area (Å²) in [6.07, 6.45) is 0.492. The molecule has 0 aliphatic heterocycles. The fourth-order valence-electron chi connectivity index (χ4n) is 3.82. The van der Waals surface area contributed by atoms with E-state index in [1.807, 2.05) is 81.4 Å². The van der Waals surface area contributed by atoms with Crippen LogP contribution in [0.25, 0.3) is 10.8 Å². The molecular weight excluding hydrogens is 508 g/mol. The summed E-state index contributed by atoms with van der Waals surface area (Å²) in [4.78, 5) is 28.1. The molecule has 2 amide bonds. The highest BCUT2D eigenvalue weighted by Gasteiger charge is 2.29. The standard InChI is InChI=1S/C28H33BrN2O4/c1-5-24(28(33)30-16-19(2)3)31(17-20-10-13-22(34-4)14-11-20)26(32)18-35-25-15-12-21-8-6-7-9-23(21)27(25)29/h6-15,19,24H,5,16-18H2,1-4H3,(H,30,33)/t24-/m0/s1. The Labute approximate surface area is 215 Å². The molecule has 0 spiro atoms. The number of carbonyl (C=O) groups excluding carboxylic acids is 2. The third-order valence-corrected chi connectivity index (χ3v) is 6.58. The second kappa shape index (κ2) is 12.6. The van der Waals surface area contributed by atoms with Crippen LogP contribution in [0.5, 0.6) is 11.5 Å². The van der Waals surface area contributed by atoms with Crippen molar-refractivity contribution in [1.82, 2.24) is 10.2 Å². The Hall–Kier alpha value is -3.06. The summed E-state index contributed by atoms with van der Waals surface area (Å²) < 4.78 is 12.0. The van der Waals surface area contributed by atoms with Crippen LogP contribution in [-0.4, -0.2) is 43.0 Å². The van der Waals surface area contributed by atoms with Gasteiger partial charge in [0.05, 0.1) is 11.6 Å². The van der Waals surface area contributed by atoms with Gasteiger partial charge in [-0.15, -0.1) is 0 Å². The number of carbonyl (C=O) groups is 2. The zero-order valence-corrected chi connectivity index (χ0v) is 22.3. The predicted octanol–water partition coefficient (Wildman–Crippen LogP) is 5.57. The fraction of sp³-hybridized carbons (Fsp3) is 0.357. The number of hydrogen-bond acceptors (Lipinski definition) is 4. The third kappa shape index (κ3) is 6.98. The van der Waals surface area contributed by atoms with Crippen LogP contribution < -0.4 is 14.8 Å². The van der Waals surface area contributed by atoms with Crippen molar-refractivity contribution in [1.29, 1.82) is 0 Å². The highest BCUT2D eigenvalue weighted by atomic mass is 79.9. The number of halogens is 1. The number of methoxy groups -OCH3 is 1. The largest absolute Gasteiger partial charge is 0.497 e. The van der Waals surface area contributed by atoms with Crippen LogP contribution in [0.4, 0.5) is 0 Å². The molecule has 0 aromatic heterocycles. The third-order valence-electron chi connectivity index (χ3n) is 5.76. The number of amides is 2. The van der Waals surface area contributed by atoms with Crippen LogP contribution in [-0.2, 0) is 16.1 Å². The zero-order chi connectivity index (χ0) is 25.4. The SMILES string of the molecule is CC[C@@H](C(=O)NCC(C)C)N(Cc1ccc(OC)cc1)C(=O)COc1ccc2ccccc2c1Br. The van der Waals surface area contributed by atoms with E-state index in [2.05, 4.69) is 21.2 Å². The number of hydrogen-bond donors (Lipinski definition) is 1. The molecule has 3 rings (SSSR count). The van der Waals surface area contributed by atoms with Crippen molar-refractivity contribution < 1.29 is 19.1 Å². The van der Waals surface area contributed by atoms with Crippen molar-refractivity contribution >= 4 is 38.5 Å². The van der Waals surface area contributed by atoms with Crippen LogP contribution in [0, 0.1) is 5.92 Å². The van der Waals surface area contributed by atoms with Crippen LogP contribution in [0.2, 0.25) is 0 Å². The molecule has 6 nitrogen and oxygen atoms in total. The molecule has 1 N–H and O–H groups in total. The smallest absolute Gasteiger partial charge is 0.261 e. The van der Waals surface area contributed by atoms with Gasteiger partial charge in [-0.25, -0.2) is 0 Å². The summed E-state index contributed by atoms with van der Waals surface area (Å²) >= 11 is 3.61. The van der Waals surface area contributed by atoms with Crippen molar-refractivity contribution in [2.45, 2.75) is 39.8 Å². The van der Waals surface area contributed by atoms with E-state index in [4.69, 9.17) is 9.47 Å². The number of nitrogens with one attached hydrogen (secondary N) is 1. The van der Waals surface area contributed by atoms with E-state index < -0.39 is 6.04 Å². The maximum Gasteiger partial charge on any atom is 0.261 e. The molecule has 0 heterocycles. The first-order valence-corrected chi connectivity index (χ1v) is 12.6. The average Bonchev–Trinajstić information content (AvgIpc) is 2.87. The zero-order valence-electron chi connectivity index (χ0n) is 20.7. The summed E-state index contributed by atoms with van der Waals surface area (Å²) in [5.41, 5.74) is 0.904. The lowest BCUT2D eigenvalue weighted by Crippen LogP contribution is -2.50. The Morgan fingerprint density at radius 1 is 1.03 bits per heavy atom. The maximum absolute atomic E-state index is 13.4. The number of benzene rings is 3. The molecule has 0 saturated carbocycles. The van der Waals surface area contributed by atoms with Gasteiger partial charge in [-0.3, -0.25) is 9.59 Å². The van der Waals surface area contributed by atoms with E-state index in [0.29, 0.717) is 31.2 Å². The molecule has 3 aromatic carbocycles. The minimum atomic E-state index is -0.605. The number of ether oxygens (including phenoxy) is 2. The molecule has 3 aromatic rings. The summed E-state index contributed by atoms with van der Waals surface area (Å²) in [5.74, 6) is 1.22. The second-order valence-corrected chi connectivity index (χ2v) is 9.61. The molecule has 0 aliphatic carbocycles. The van der Waals surface area contributed by atoms with Crippen LogP contribution in [0.15, 0.2) is 65.1 Å². The van der Waals surface area contributed by atoms with Gasteiger partial charge in [0.2, 0.25) is 5.91 Å². The molecule has 0 fully saturated rings. The normalized spacial score (nSPS) is 11.8. The molecule has 1 atom stereocenters. The Morgan fingerprint density at radius 3 is 2.40 bits per heavy atom. The number of rotatable bonds is 11. The van der Waals surface area contributed by atoms with Gasteiger partial charge in [-0.05, 0) is 62.8 Å². The summed E-state index contributed by atoms with van der Waals surface area (Å²) in [7, 11) is 1.61. The van der Waals surface area contributed by atoms with Crippen LogP contribution in [0.3, 0.4) is 0 Å². The number of nitrogens with zero attached hydrogens (tertiary/aromatic N) is 1. The maximum atomic E-state index is 13.4. The van der Waals surface area contributed by atoms with Gasteiger partial charge < -0.3 is 19.7 Å². The highest BCUT2D eigenvalue weighted by molar-refractivity contribution is 9.10. The Bertz CT molecular complexity index is 1150. The summed E-state index contributed by atoms with van der Waals surface area (Å²) in [6.45, 7) is 6.66. The van der Waals surface area contributed by atoms with E-state index in [1.165, 1.54) is 0 Å². The minimum absolute atomic E-state index is 0.157. The first-order chi connectivity index (χ1) is 16.8. The van der Waals surface area contributed by atoms with E-state index in [9.17, 15) is 9.59 Å².